The van der Waals surface area contributed by atoms with Crippen LogP contribution in [0.2, 0.25) is 0 Å². The van der Waals surface area contributed by atoms with Crippen molar-refractivity contribution in [3.63, 3.8) is 0 Å². The number of methoxy groups -OCH3 is 1. The Kier molecular flexibility index (Phi) is 6.84. The van der Waals surface area contributed by atoms with Gasteiger partial charge in [-0.05, 0) is 53.4 Å². The Hall–Kier alpha value is -3.56. The third-order valence-corrected chi connectivity index (χ3v) is 6.92. The first kappa shape index (κ1) is 24.1. The Balaban J connectivity index is 1.40. The lowest BCUT2D eigenvalue weighted by Crippen LogP contribution is -2.47. The number of hydrogen-bond acceptors (Lipinski definition) is 6. The number of carbonyl (C=O) groups is 1. The number of nitrogens with zero attached hydrogens (tertiary/aromatic N) is 3. The van der Waals surface area contributed by atoms with Crippen LogP contribution in [0.4, 0.5) is 20.3 Å². The molecule has 1 amide bonds. The number of hydrogen-bond donors (Lipinski definition) is 2. The zero-order chi connectivity index (χ0) is 25.2. The molecule has 36 heavy (non-hydrogen) atoms. The van der Waals surface area contributed by atoms with Crippen molar-refractivity contribution in [2.45, 2.75) is 6.42 Å². The number of nitrogens with one attached hydrogen (secondary N) is 1. The van der Waals surface area contributed by atoms with Crippen molar-refractivity contribution < 1.29 is 18.3 Å². The minimum absolute atomic E-state index is 0.0289. The third-order valence-electron chi connectivity index (χ3n) is 6.92. The van der Waals surface area contributed by atoms with Crippen LogP contribution in [0.25, 0.3) is 22.3 Å². The molecule has 1 fully saturated rings. The second-order valence-corrected chi connectivity index (χ2v) is 9.13. The van der Waals surface area contributed by atoms with Crippen LogP contribution in [-0.4, -0.2) is 68.8 Å². The molecule has 0 bridgehead atoms. The zero-order valence-electron chi connectivity index (χ0n) is 20.2. The molecule has 2 aromatic carbocycles. The van der Waals surface area contributed by atoms with Gasteiger partial charge in [-0.15, -0.1) is 0 Å². The van der Waals surface area contributed by atoms with Gasteiger partial charge in [0.15, 0.2) is 0 Å². The lowest BCUT2D eigenvalue weighted by Gasteiger charge is -2.36. The van der Waals surface area contributed by atoms with Gasteiger partial charge in [0.2, 0.25) is 5.95 Å². The SMILES string of the molecule is COCCN1CCN(c2ccc(-c3cc(-c4cc(F)c5c(c4)CCNC5=O)c(N)nc3F)cc2)CC1. The first-order valence-electron chi connectivity index (χ1n) is 12.1. The Morgan fingerprint density at radius 1 is 1.03 bits per heavy atom. The number of rotatable bonds is 6. The monoisotopic (exact) mass is 493 g/mol. The summed E-state index contributed by atoms with van der Waals surface area (Å²) in [5.74, 6) is -1.77. The number of ether oxygens (including phenoxy) is 1. The third kappa shape index (κ3) is 4.76. The van der Waals surface area contributed by atoms with E-state index in [1.54, 1.807) is 19.2 Å². The minimum Gasteiger partial charge on any atom is -0.383 e. The number of benzene rings is 2. The first-order valence-corrected chi connectivity index (χ1v) is 12.1. The number of carbonyl (C=O) groups excluding carboxylic acids is 1. The van der Waals surface area contributed by atoms with E-state index in [4.69, 9.17) is 10.5 Å². The van der Waals surface area contributed by atoms with E-state index in [0.29, 0.717) is 35.2 Å². The maximum atomic E-state index is 14.9. The van der Waals surface area contributed by atoms with Gasteiger partial charge in [0.25, 0.3) is 5.91 Å². The number of aromatic nitrogens is 1. The number of piperazine rings is 1. The van der Waals surface area contributed by atoms with Crippen LogP contribution in [0, 0.1) is 11.8 Å². The van der Waals surface area contributed by atoms with E-state index < -0.39 is 17.7 Å². The van der Waals surface area contributed by atoms with Crippen LogP contribution in [0.5, 0.6) is 0 Å². The van der Waals surface area contributed by atoms with E-state index in [-0.39, 0.29) is 16.9 Å². The predicted molar refractivity (Wildman–Crippen MR) is 136 cm³/mol. The molecule has 0 aliphatic carbocycles. The molecule has 0 atom stereocenters. The summed E-state index contributed by atoms with van der Waals surface area (Å²) in [5.41, 5.74) is 9.60. The fourth-order valence-corrected chi connectivity index (χ4v) is 4.91. The molecule has 0 saturated carbocycles. The van der Waals surface area contributed by atoms with Gasteiger partial charge < -0.3 is 20.7 Å². The molecular formula is C27H29F2N5O2. The number of pyridine rings is 1. The van der Waals surface area contributed by atoms with Gasteiger partial charge in [0.1, 0.15) is 11.6 Å². The average Bonchev–Trinajstić information content (AvgIpc) is 2.88. The maximum absolute atomic E-state index is 14.9. The van der Waals surface area contributed by atoms with Gasteiger partial charge in [-0.3, -0.25) is 9.69 Å². The molecule has 1 saturated heterocycles. The lowest BCUT2D eigenvalue weighted by molar-refractivity contribution is 0.0941. The molecule has 3 aromatic rings. The predicted octanol–water partition coefficient (Wildman–Crippen LogP) is 3.33. The number of halogens is 2. The van der Waals surface area contributed by atoms with E-state index in [9.17, 15) is 13.6 Å². The summed E-state index contributed by atoms with van der Waals surface area (Å²) < 4.78 is 34.9. The van der Waals surface area contributed by atoms with E-state index >= 15 is 0 Å². The van der Waals surface area contributed by atoms with Crippen LogP contribution in [0.15, 0.2) is 42.5 Å². The fraction of sp³-hybridized carbons (Fsp3) is 0.333. The summed E-state index contributed by atoms with van der Waals surface area (Å²) in [4.78, 5) is 20.7. The highest BCUT2D eigenvalue weighted by Gasteiger charge is 2.23. The molecule has 5 rings (SSSR count). The lowest BCUT2D eigenvalue weighted by atomic mass is 9.93. The van der Waals surface area contributed by atoms with Crippen LogP contribution < -0.4 is 16.0 Å². The van der Waals surface area contributed by atoms with Gasteiger partial charge in [-0.2, -0.15) is 4.39 Å². The topological polar surface area (TPSA) is 83.7 Å². The smallest absolute Gasteiger partial charge is 0.254 e. The summed E-state index contributed by atoms with van der Waals surface area (Å²) in [6.45, 7) is 5.83. The highest BCUT2D eigenvalue weighted by atomic mass is 19.1. The van der Waals surface area contributed by atoms with Crippen LogP contribution in [0.3, 0.4) is 0 Å². The highest BCUT2D eigenvalue weighted by Crippen LogP contribution is 2.34. The average molecular weight is 494 g/mol. The molecule has 2 aliphatic heterocycles. The number of anilines is 2. The van der Waals surface area contributed by atoms with Crippen LogP contribution in [0.1, 0.15) is 15.9 Å². The quantitative estimate of drug-likeness (QED) is 0.513. The number of nitrogen functional groups attached to an aromatic ring is 1. The second kappa shape index (κ2) is 10.2. The van der Waals surface area contributed by atoms with Gasteiger partial charge in [0, 0.05) is 63.2 Å². The van der Waals surface area contributed by atoms with Crippen LogP contribution in [-0.2, 0) is 11.2 Å². The van der Waals surface area contributed by atoms with Gasteiger partial charge >= 0.3 is 0 Å². The summed E-state index contributed by atoms with van der Waals surface area (Å²) in [5, 5.41) is 2.65. The van der Waals surface area contributed by atoms with Crippen molar-refractivity contribution >= 4 is 17.4 Å². The van der Waals surface area contributed by atoms with Crippen molar-refractivity contribution in [3.8, 4) is 22.3 Å². The van der Waals surface area contributed by atoms with Crippen molar-refractivity contribution in [1.29, 1.82) is 0 Å². The van der Waals surface area contributed by atoms with Crippen molar-refractivity contribution in [2.75, 3.05) is 63.6 Å². The molecule has 0 unspecified atom stereocenters. The summed E-state index contributed by atoms with van der Waals surface area (Å²) in [6.07, 6.45) is 0.509. The Morgan fingerprint density at radius 3 is 2.50 bits per heavy atom. The maximum Gasteiger partial charge on any atom is 0.254 e. The van der Waals surface area contributed by atoms with Gasteiger partial charge in [-0.25, -0.2) is 9.37 Å². The molecule has 9 heteroatoms. The molecule has 1 aromatic heterocycles. The molecule has 0 spiro atoms. The first-order chi connectivity index (χ1) is 17.4. The zero-order valence-corrected chi connectivity index (χ0v) is 20.2. The van der Waals surface area contributed by atoms with E-state index in [1.807, 2.05) is 24.3 Å². The minimum atomic E-state index is -0.687. The van der Waals surface area contributed by atoms with E-state index in [0.717, 1.165) is 45.0 Å². The second-order valence-electron chi connectivity index (χ2n) is 9.13. The molecule has 0 radical (unpaired) electrons. The molecule has 7 nitrogen and oxygen atoms in total. The number of fused-ring (bicyclic) bond motifs is 1. The Labute approximate surface area is 208 Å². The van der Waals surface area contributed by atoms with Gasteiger partial charge in [0.05, 0.1) is 12.2 Å². The molecule has 3 N–H and O–H groups in total. The Morgan fingerprint density at radius 2 is 1.78 bits per heavy atom. The van der Waals surface area contributed by atoms with E-state index in [1.165, 1.54) is 6.07 Å². The van der Waals surface area contributed by atoms with E-state index in [2.05, 4.69) is 20.1 Å². The number of amides is 1. The molecular weight excluding hydrogens is 464 g/mol. The summed E-state index contributed by atoms with van der Waals surface area (Å²) in [7, 11) is 1.71. The largest absolute Gasteiger partial charge is 0.383 e. The fourth-order valence-electron chi connectivity index (χ4n) is 4.91. The summed E-state index contributed by atoms with van der Waals surface area (Å²) >= 11 is 0. The highest BCUT2D eigenvalue weighted by molar-refractivity contribution is 5.98. The summed E-state index contributed by atoms with van der Waals surface area (Å²) in [6, 6.07) is 12.3. The number of nitrogens with two attached hydrogens (primary N) is 1. The van der Waals surface area contributed by atoms with Crippen molar-refractivity contribution in [2.24, 2.45) is 0 Å². The van der Waals surface area contributed by atoms with Crippen molar-refractivity contribution in [3.05, 3.63) is 65.4 Å². The molecule has 2 aliphatic rings. The Bertz CT molecular complexity index is 1270. The van der Waals surface area contributed by atoms with Crippen LogP contribution >= 0.6 is 0 Å². The van der Waals surface area contributed by atoms with Gasteiger partial charge in [-0.1, -0.05) is 12.1 Å². The van der Waals surface area contributed by atoms with Crippen molar-refractivity contribution in [1.82, 2.24) is 15.2 Å². The standard InChI is InChI=1S/C27H29F2N5O2/c1-36-13-12-33-8-10-34(11-9-33)20-4-2-17(3-5-20)21-16-22(26(30)32-25(21)29)19-14-18-6-7-31-27(35)24(18)23(28)15-19/h2-5,14-16H,6-13H2,1H3,(H2,30,32)(H,31,35). The molecule has 188 valence electrons. The normalized spacial score (nSPS) is 16.1. The molecule has 3 heterocycles.